The van der Waals surface area contributed by atoms with Crippen molar-refractivity contribution in [1.82, 2.24) is 5.32 Å². The molecule has 1 N–H and O–H groups in total. The Hall–Kier alpha value is -1.02. The molecule has 0 amide bonds. The highest BCUT2D eigenvalue weighted by molar-refractivity contribution is 5.45. The van der Waals surface area contributed by atoms with E-state index in [0.717, 1.165) is 13.1 Å². The van der Waals surface area contributed by atoms with E-state index in [9.17, 15) is 0 Å². The lowest BCUT2D eigenvalue weighted by Gasteiger charge is -2.35. The van der Waals surface area contributed by atoms with Crippen LogP contribution in [-0.2, 0) is 0 Å². The summed E-state index contributed by atoms with van der Waals surface area (Å²) in [6.07, 6.45) is 2.49. The molecule has 2 nitrogen and oxygen atoms in total. The van der Waals surface area contributed by atoms with Gasteiger partial charge in [-0.3, -0.25) is 0 Å². The molecule has 0 aliphatic heterocycles. The Bertz CT molecular complexity index is 348. The monoisotopic (exact) mass is 262 g/mol. The van der Waals surface area contributed by atoms with Gasteiger partial charge in [0.25, 0.3) is 0 Å². The third-order valence-corrected chi connectivity index (χ3v) is 3.61. The normalized spacial score (nSPS) is 14.4. The second-order valence-electron chi connectivity index (χ2n) is 6.29. The first-order valence-corrected chi connectivity index (χ1v) is 7.46. The third kappa shape index (κ3) is 5.65. The number of nitrogens with one attached hydrogen (secondary N) is 1. The van der Waals surface area contributed by atoms with Gasteiger partial charge in [-0.2, -0.15) is 0 Å². The number of para-hydroxylation sites is 1. The minimum atomic E-state index is 0.323. The van der Waals surface area contributed by atoms with Gasteiger partial charge in [-0.1, -0.05) is 52.3 Å². The molecule has 0 aromatic heterocycles. The zero-order chi connectivity index (χ0) is 14.3. The van der Waals surface area contributed by atoms with Crippen LogP contribution in [0.3, 0.4) is 0 Å². The fraction of sp³-hybridized carbons (Fsp3) is 0.647. The van der Waals surface area contributed by atoms with Crippen molar-refractivity contribution in [3.8, 4) is 0 Å². The van der Waals surface area contributed by atoms with Crippen molar-refractivity contribution in [2.24, 2.45) is 5.41 Å². The van der Waals surface area contributed by atoms with Crippen LogP contribution in [0.2, 0.25) is 0 Å². The lowest BCUT2D eigenvalue weighted by atomic mass is 9.84. The van der Waals surface area contributed by atoms with E-state index in [4.69, 9.17) is 0 Å². The van der Waals surface area contributed by atoms with Gasteiger partial charge in [0.1, 0.15) is 0 Å². The molecule has 1 rings (SSSR count). The largest absolute Gasteiger partial charge is 0.374 e. The lowest BCUT2D eigenvalue weighted by molar-refractivity contribution is 0.275. The van der Waals surface area contributed by atoms with Gasteiger partial charge in [0, 0.05) is 31.9 Å². The maximum Gasteiger partial charge on any atom is 0.0363 e. The summed E-state index contributed by atoms with van der Waals surface area (Å²) >= 11 is 0. The highest BCUT2D eigenvalue weighted by Crippen LogP contribution is 2.26. The van der Waals surface area contributed by atoms with Crippen molar-refractivity contribution in [1.29, 1.82) is 0 Å². The number of rotatable bonds is 8. The van der Waals surface area contributed by atoms with Gasteiger partial charge < -0.3 is 10.2 Å². The molecule has 108 valence electrons. The van der Waals surface area contributed by atoms with Crippen LogP contribution < -0.4 is 10.2 Å². The van der Waals surface area contributed by atoms with Crippen LogP contribution in [0.15, 0.2) is 30.3 Å². The molecule has 0 heterocycles. The second-order valence-corrected chi connectivity index (χ2v) is 6.29. The summed E-state index contributed by atoms with van der Waals surface area (Å²) in [4.78, 5) is 2.37. The van der Waals surface area contributed by atoms with Gasteiger partial charge in [0.2, 0.25) is 0 Å². The molecule has 1 aromatic rings. The summed E-state index contributed by atoms with van der Waals surface area (Å²) in [7, 11) is 2.19. The maximum absolute atomic E-state index is 3.60. The third-order valence-electron chi connectivity index (χ3n) is 3.61. The first kappa shape index (κ1) is 16.0. The van der Waals surface area contributed by atoms with E-state index < -0.39 is 0 Å². The zero-order valence-electron chi connectivity index (χ0n) is 13.2. The van der Waals surface area contributed by atoms with Crippen molar-refractivity contribution in [2.45, 2.75) is 46.6 Å². The molecule has 0 saturated heterocycles. The summed E-state index contributed by atoms with van der Waals surface area (Å²) in [5.41, 5.74) is 1.62. The highest BCUT2D eigenvalue weighted by atomic mass is 15.1. The molecule has 1 unspecified atom stereocenters. The van der Waals surface area contributed by atoms with E-state index >= 15 is 0 Å². The summed E-state index contributed by atoms with van der Waals surface area (Å²) < 4.78 is 0. The molecule has 2 heteroatoms. The fourth-order valence-corrected chi connectivity index (χ4v) is 2.62. The van der Waals surface area contributed by atoms with Crippen LogP contribution in [0.25, 0.3) is 0 Å². The van der Waals surface area contributed by atoms with Gasteiger partial charge in [-0.05, 0) is 24.0 Å². The van der Waals surface area contributed by atoms with Gasteiger partial charge in [0.05, 0.1) is 0 Å². The van der Waals surface area contributed by atoms with E-state index in [1.807, 2.05) is 0 Å². The van der Waals surface area contributed by atoms with Crippen molar-refractivity contribution in [3.63, 3.8) is 0 Å². The van der Waals surface area contributed by atoms with Crippen LogP contribution in [-0.4, -0.2) is 26.2 Å². The predicted octanol–water partition coefficient (Wildman–Crippen LogP) is 3.93. The average molecular weight is 262 g/mol. The SMILES string of the molecule is CCCC(C)(CNC(C)C)CN(C)c1ccccc1. The van der Waals surface area contributed by atoms with Crippen LogP contribution >= 0.6 is 0 Å². The number of nitrogens with zero attached hydrogens (tertiary/aromatic N) is 1. The predicted molar refractivity (Wildman–Crippen MR) is 85.9 cm³/mol. The quantitative estimate of drug-likeness (QED) is 0.763. The van der Waals surface area contributed by atoms with Gasteiger partial charge in [-0.15, -0.1) is 0 Å². The van der Waals surface area contributed by atoms with Crippen LogP contribution in [0.4, 0.5) is 5.69 Å². The Morgan fingerprint density at radius 3 is 2.37 bits per heavy atom. The van der Waals surface area contributed by atoms with Crippen molar-refractivity contribution < 1.29 is 0 Å². The first-order valence-electron chi connectivity index (χ1n) is 7.46. The molecular weight excluding hydrogens is 232 g/mol. The van der Waals surface area contributed by atoms with Gasteiger partial charge >= 0.3 is 0 Å². The molecule has 0 spiro atoms. The Morgan fingerprint density at radius 2 is 1.84 bits per heavy atom. The smallest absolute Gasteiger partial charge is 0.0363 e. The zero-order valence-corrected chi connectivity index (χ0v) is 13.2. The van der Waals surface area contributed by atoms with Gasteiger partial charge in [-0.25, -0.2) is 0 Å². The molecule has 0 fully saturated rings. The minimum absolute atomic E-state index is 0.323. The summed E-state index contributed by atoms with van der Waals surface area (Å²) in [6, 6.07) is 11.2. The fourth-order valence-electron chi connectivity index (χ4n) is 2.62. The van der Waals surface area contributed by atoms with Crippen LogP contribution in [0.1, 0.15) is 40.5 Å². The molecule has 19 heavy (non-hydrogen) atoms. The summed E-state index contributed by atoms with van der Waals surface area (Å²) in [5.74, 6) is 0. The summed E-state index contributed by atoms with van der Waals surface area (Å²) in [5, 5.41) is 3.60. The molecule has 1 atom stereocenters. The maximum atomic E-state index is 3.60. The first-order chi connectivity index (χ1) is 8.97. The standard InChI is InChI=1S/C17H30N2/c1-6-12-17(4,13-18-15(2)3)14-19(5)16-10-8-7-9-11-16/h7-11,15,18H,6,12-14H2,1-5H3. The van der Waals surface area contributed by atoms with E-state index in [1.165, 1.54) is 18.5 Å². The van der Waals surface area contributed by atoms with Crippen molar-refractivity contribution >= 4 is 5.69 Å². The molecule has 0 aliphatic rings. The van der Waals surface area contributed by atoms with Crippen LogP contribution in [0, 0.1) is 5.41 Å². The van der Waals surface area contributed by atoms with E-state index in [1.54, 1.807) is 0 Å². The second kappa shape index (κ2) is 7.54. The molecule has 0 saturated carbocycles. The number of benzene rings is 1. The lowest BCUT2D eigenvalue weighted by Crippen LogP contribution is -2.43. The molecular formula is C17H30N2. The summed E-state index contributed by atoms with van der Waals surface area (Å²) in [6.45, 7) is 11.3. The van der Waals surface area contributed by atoms with E-state index in [2.05, 4.69) is 75.3 Å². The highest BCUT2D eigenvalue weighted by Gasteiger charge is 2.25. The average Bonchev–Trinajstić information content (AvgIpc) is 2.38. The van der Waals surface area contributed by atoms with Crippen molar-refractivity contribution in [3.05, 3.63) is 30.3 Å². The van der Waals surface area contributed by atoms with Crippen molar-refractivity contribution in [2.75, 3.05) is 25.0 Å². The van der Waals surface area contributed by atoms with E-state index in [-0.39, 0.29) is 0 Å². The Balaban J connectivity index is 2.66. The molecule has 1 aromatic carbocycles. The Labute approximate surface area is 119 Å². The number of anilines is 1. The Morgan fingerprint density at radius 1 is 1.21 bits per heavy atom. The molecule has 0 aliphatic carbocycles. The minimum Gasteiger partial charge on any atom is -0.374 e. The molecule has 0 radical (unpaired) electrons. The topological polar surface area (TPSA) is 15.3 Å². The van der Waals surface area contributed by atoms with E-state index in [0.29, 0.717) is 11.5 Å². The van der Waals surface area contributed by atoms with Crippen LogP contribution in [0.5, 0.6) is 0 Å². The van der Waals surface area contributed by atoms with Gasteiger partial charge in [0.15, 0.2) is 0 Å². The molecule has 0 bridgehead atoms. The number of hydrogen-bond acceptors (Lipinski definition) is 2. The number of hydrogen-bond donors (Lipinski definition) is 1. The Kier molecular flexibility index (Phi) is 6.36.